The van der Waals surface area contributed by atoms with Gasteiger partial charge in [-0.3, -0.25) is 0 Å². The second-order valence-electron chi connectivity index (χ2n) is 5.97. The van der Waals surface area contributed by atoms with Crippen molar-refractivity contribution < 1.29 is 17.9 Å². The zero-order valence-electron chi connectivity index (χ0n) is 11.6. The molecule has 3 nitrogen and oxygen atoms in total. The highest BCUT2D eigenvalue weighted by atomic mass is 19.3. The van der Waals surface area contributed by atoms with Gasteiger partial charge in [0.05, 0.1) is 11.4 Å². The molecule has 0 aromatic heterocycles. The van der Waals surface area contributed by atoms with E-state index in [-0.39, 0.29) is 5.69 Å². The van der Waals surface area contributed by atoms with Crippen LogP contribution in [-0.4, -0.2) is 13.2 Å². The number of rotatable bonds is 7. The van der Waals surface area contributed by atoms with Crippen LogP contribution in [-0.2, 0) is 0 Å². The van der Waals surface area contributed by atoms with Crippen LogP contribution >= 0.6 is 0 Å². The minimum Gasteiger partial charge on any atom is -0.432 e. The van der Waals surface area contributed by atoms with Gasteiger partial charge in [-0.15, -0.1) is 0 Å². The molecule has 2 aliphatic carbocycles. The number of ether oxygens (including phenoxy) is 1. The summed E-state index contributed by atoms with van der Waals surface area (Å²) in [5.74, 6) is 0.788. The zero-order chi connectivity index (χ0) is 15.0. The molecule has 0 aliphatic heterocycles. The van der Waals surface area contributed by atoms with E-state index in [4.69, 9.17) is 5.73 Å². The van der Waals surface area contributed by atoms with E-state index in [1.54, 1.807) is 0 Å². The van der Waals surface area contributed by atoms with Gasteiger partial charge in [0.25, 0.3) is 0 Å². The Kier molecular flexibility index (Phi) is 3.87. The van der Waals surface area contributed by atoms with E-state index in [0.29, 0.717) is 11.6 Å². The Balaban J connectivity index is 1.68. The second kappa shape index (κ2) is 5.66. The molecule has 0 bridgehead atoms. The predicted octanol–water partition coefficient (Wildman–Crippen LogP) is 3.86. The van der Waals surface area contributed by atoms with Gasteiger partial charge in [0.1, 0.15) is 0 Å². The number of anilines is 2. The van der Waals surface area contributed by atoms with Crippen LogP contribution in [0.4, 0.5) is 24.5 Å². The SMILES string of the molecule is Nc1cc(F)c(OC(F)F)cc1NCC(C1CC1)C1CC1. The lowest BCUT2D eigenvalue weighted by Gasteiger charge is -2.19. The standard InChI is InChI=1S/C15H19F3N2O/c16-11-5-12(19)13(6-14(11)21-15(17)18)20-7-10(8-1-2-8)9-3-4-9/h5-6,8-10,15,20H,1-4,7,19H2. The number of hydrogen-bond acceptors (Lipinski definition) is 3. The van der Waals surface area contributed by atoms with Crippen molar-refractivity contribution in [2.45, 2.75) is 32.3 Å². The molecule has 2 saturated carbocycles. The number of nitrogens with two attached hydrogens (primary N) is 1. The van der Waals surface area contributed by atoms with E-state index in [1.165, 1.54) is 31.7 Å². The highest BCUT2D eigenvalue weighted by Crippen LogP contribution is 2.49. The lowest BCUT2D eigenvalue weighted by atomic mass is 9.98. The molecule has 2 fully saturated rings. The van der Waals surface area contributed by atoms with E-state index >= 15 is 0 Å². The van der Waals surface area contributed by atoms with Crippen LogP contribution in [0.1, 0.15) is 25.7 Å². The summed E-state index contributed by atoms with van der Waals surface area (Å²) in [4.78, 5) is 0. The van der Waals surface area contributed by atoms with Crippen LogP contribution in [0.3, 0.4) is 0 Å². The van der Waals surface area contributed by atoms with E-state index in [0.717, 1.165) is 24.4 Å². The molecule has 0 heterocycles. The molecule has 0 saturated heterocycles. The van der Waals surface area contributed by atoms with Crippen LogP contribution in [0.15, 0.2) is 12.1 Å². The number of benzene rings is 1. The van der Waals surface area contributed by atoms with Gasteiger partial charge in [0.2, 0.25) is 0 Å². The molecular weight excluding hydrogens is 281 g/mol. The number of hydrogen-bond donors (Lipinski definition) is 2. The maximum Gasteiger partial charge on any atom is 0.387 e. The van der Waals surface area contributed by atoms with Gasteiger partial charge in [0.15, 0.2) is 11.6 Å². The molecule has 116 valence electrons. The van der Waals surface area contributed by atoms with Crippen molar-refractivity contribution in [2.75, 3.05) is 17.6 Å². The molecule has 0 amide bonds. The molecule has 3 N–H and O–H groups in total. The Hall–Kier alpha value is -1.59. The third kappa shape index (κ3) is 3.54. The van der Waals surface area contributed by atoms with E-state index in [1.807, 2.05) is 0 Å². The fourth-order valence-electron chi connectivity index (χ4n) is 2.90. The molecule has 1 aromatic carbocycles. The summed E-state index contributed by atoms with van der Waals surface area (Å²) < 4.78 is 42.1. The lowest BCUT2D eigenvalue weighted by Crippen LogP contribution is -2.19. The molecular formula is C15H19F3N2O. The fourth-order valence-corrected chi connectivity index (χ4v) is 2.90. The molecule has 6 heteroatoms. The first-order valence-corrected chi connectivity index (χ1v) is 7.32. The summed E-state index contributed by atoms with van der Waals surface area (Å²) in [6.07, 6.45) is 5.06. The van der Waals surface area contributed by atoms with Crippen molar-refractivity contribution in [3.05, 3.63) is 17.9 Å². The first-order valence-electron chi connectivity index (χ1n) is 7.32. The maximum absolute atomic E-state index is 13.5. The molecule has 0 unspecified atom stereocenters. The summed E-state index contributed by atoms with van der Waals surface area (Å²) in [5, 5.41) is 3.18. The van der Waals surface area contributed by atoms with Crippen molar-refractivity contribution in [1.29, 1.82) is 0 Å². The Morgan fingerprint density at radius 2 is 1.81 bits per heavy atom. The molecule has 0 spiro atoms. The van der Waals surface area contributed by atoms with Gasteiger partial charge in [-0.25, -0.2) is 4.39 Å². The van der Waals surface area contributed by atoms with Gasteiger partial charge in [-0.1, -0.05) is 0 Å². The van der Waals surface area contributed by atoms with Crippen molar-refractivity contribution >= 4 is 11.4 Å². The van der Waals surface area contributed by atoms with Crippen LogP contribution in [0, 0.1) is 23.6 Å². The van der Waals surface area contributed by atoms with E-state index in [2.05, 4.69) is 10.1 Å². The topological polar surface area (TPSA) is 47.3 Å². The summed E-state index contributed by atoms with van der Waals surface area (Å²) in [6, 6.07) is 2.23. The summed E-state index contributed by atoms with van der Waals surface area (Å²) in [6.45, 7) is -2.30. The average molecular weight is 300 g/mol. The van der Waals surface area contributed by atoms with Gasteiger partial charge in [-0.05, 0) is 43.4 Å². The van der Waals surface area contributed by atoms with E-state index in [9.17, 15) is 13.2 Å². The van der Waals surface area contributed by atoms with Crippen LogP contribution in [0.2, 0.25) is 0 Å². The predicted molar refractivity (Wildman–Crippen MR) is 74.9 cm³/mol. The maximum atomic E-state index is 13.5. The largest absolute Gasteiger partial charge is 0.432 e. The van der Waals surface area contributed by atoms with Crippen LogP contribution < -0.4 is 15.8 Å². The number of nitrogen functional groups attached to an aromatic ring is 1. The van der Waals surface area contributed by atoms with Crippen LogP contribution in [0.25, 0.3) is 0 Å². The zero-order valence-corrected chi connectivity index (χ0v) is 11.6. The second-order valence-corrected chi connectivity index (χ2v) is 5.97. The Labute approximate surface area is 121 Å². The van der Waals surface area contributed by atoms with Crippen molar-refractivity contribution in [2.24, 2.45) is 17.8 Å². The molecule has 21 heavy (non-hydrogen) atoms. The van der Waals surface area contributed by atoms with Crippen molar-refractivity contribution in [3.8, 4) is 5.75 Å². The first kappa shape index (κ1) is 14.4. The molecule has 1 aromatic rings. The fraction of sp³-hybridized carbons (Fsp3) is 0.600. The Morgan fingerprint density at radius 1 is 1.19 bits per heavy atom. The summed E-state index contributed by atoms with van der Waals surface area (Å²) in [7, 11) is 0. The van der Waals surface area contributed by atoms with Crippen LogP contribution in [0.5, 0.6) is 5.75 Å². The molecule has 0 radical (unpaired) electrons. The van der Waals surface area contributed by atoms with Gasteiger partial charge in [0, 0.05) is 18.7 Å². The van der Waals surface area contributed by atoms with Gasteiger partial charge in [-0.2, -0.15) is 8.78 Å². The normalized spacial score (nSPS) is 18.3. The Bertz CT molecular complexity index is 504. The minimum absolute atomic E-state index is 0.208. The number of nitrogens with one attached hydrogen (secondary N) is 1. The monoisotopic (exact) mass is 300 g/mol. The third-order valence-corrected chi connectivity index (χ3v) is 4.30. The van der Waals surface area contributed by atoms with Crippen molar-refractivity contribution in [3.63, 3.8) is 0 Å². The molecule has 2 aliphatic rings. The smallest absolute Gasteiger partial charge is 0.387 e. The molecule has 3 rings (SSSR count). The lowest BCUT2D eigenvalue weighted by molar-refractivity contribution is -0.0521. The number of alkyl halides is 2. The highest BCUT2D eigenvalue weighted by molar-refractivity contribution is 5.68. The van der Waals surface area contributed by atoms with Gasteiger partial charge >= 0.3 is 6.61 Å². The summed E-state index contributed by atoms with van der Waals surface area (Å²) >= 11 is 0. The first-order chi connectivity index (χ1) is 10.0. The quantitative estimate of drug-likeness (QED) is 0.752. The van der Waals surface area contributed by atoms with E-state index < -0.39 is 18.2 Å². The third-order valence-electron chi connectivity index (χ3n) is 4.30. The van der Waals surface area contributed by atoms with Crippen molar-refractivity contribution in [1.82, 2.24) is 0 Å². The summed E-state index contributed by atoms with van der Waals surface area (Å²) in [5.41, 5.74) is 6.41. The average Bonchev–Trinajstić information content (AvgIpc) is 3.26. The highest BCUT2D eigenvalue weighted by Gasteiger charge is 2.41. The Morgan fingerprint density at radius 3 is 2.33 bits per heavy atom. The minimum atomic E-state index is -3.05. The van der Waals surface area contributed by atoms with Gasteiger partial charge < -0.3 is 15.8 Å². The molecule has 0 atom stereocenters. The number of halogens is 3.